The van der Waals surface area contributed by atoms with Gasteiger partial charge in [0.15, 0.2) is 9.84 Å². The van der Waals surface area contributed by atoms with Gasteiger partial charge in [-0.15, -0.1) is 0 Å². The monoisotopic (exact) mass is 257 g/mol. The van der Waals surface area contributed by atoms with E-state index in [0.29, 0.717) is 18.4 Å². The van der Waals surface area contributed by atoms with E-state index in [2.05, 4.69) is 5.32 Å². The van der Waals surface area contributed by atoms with Crippen molar-refractivity contribution in [1.82, 2.24) is 5.32 Å². The first-order valence-corrected chi connectivity index (χ1v) is 7.28. The van der Waals surface area contributed by atoms with Crippen LogP contribution in [0.25, 0.3) is 0 Å². The molecule has 2 rings (SSSR count). The second-order valence-corrected chi connectivity index (χ2v) is 6.53. The molecule has 1 N–H and O–H groups in total. The van der Waals surface area contributed by atoms with Gasteiger partial charge >= 0.3 is 0 Å². The number of nitrogens with one attached hydrogen (secondary N) is 1. The molecular formula is C12H16FNO2S. The first-order valence-electron chi connectivity index (χ1n) is 5.73. The Kier molecular flexibility index (Phi) is 3.49. The lowest BCUT2D eigenvalue weighted by Gasteiger charge is -2.08. The lowest BCUT2D eigenvalue weighted by Crippen LogP contribution is -2.19. The maximum Gasteiger partial charge on any atom is 0.181 e. The minimum Gasteiger partial charge on any atom is -0.320 e. The van der Waals surface area contributed by atoms with Crippen LogP contribution < -0.4 is 5.32 Å². The van der Waals surface area contributed by atoms with Crippen LogP contribution in [0.4, 0.5) is 4.39 Å². The van der Waals surface area contributed by atoms with E-state index in [4.69, 9.17) is 0 Å². The molecule has 1 heterocycles. The molecule has 1 unspecified atom stereocenters. The Balaban J connectivity index is 2.24. The van der Waals surface area contributed by atoms with Crippen LogP contribution in [0.2, 0.25) is 0 Å². The fourth-order valence-electron chi connectivity index (χ4n) is 2.28. The van der Waals surface area contributed by atoms with Gasteiger partial charge in [-0.25, -0.2) is 12.8 Å². The zero-order valence-corrected chi connectivity index (χ0v) is 10.6. The summed E-state index contributed by atoms with van der Waals surface area (Å²) in [6.45, 7) is 0.783. The highest BCUT2D eigenvalue weighted by Gasteiger charge is 2.37. The summed E-state index contributed by atoms with van der Waals surface area (Å²) in [4.78, 5) is 0.187. The summed E-state index contributed by atoms with van der Waals surface area (Å²) >= 11 is 0. The highest BCUT2D eigenvalue weighted by Crippen LogP contribution is 2.34. The van der Waals surface area contributed by atoms with Gasteiger partial charge in [0.05, 0.1) is 10.1 Å². The number of hydrogen-bond acceptors (Lipinski definition) is 3. The standard InChI is InChI=1S/C12H16FNO2S/c1-14-7-3-4-9-8-10-11(13)5-2-6-12(10)17(9,15)16/h2,5-6,9,14H,3-4,7-8H2,1H3. The molecule has 0 saturated carbocycles. The molecule has 0 amide bonds. The maximum absolute atomic E-state index is 13.5. The second kappa shape index (κ2) is 4.74. The van der Waals surface area contributed by atoms with Crippen LogP contribution in [0.3, 0.4) is 0 Å². The molecule has 0 aromatic heterocycles. The van der Waals surface area contributed by atoms with Crippen molar-refractivity contribution in [3.8, 4) is 0 Å². The van der Waals surface area contributed by atoms with Crippen LogP contribution in [-0.4, -0.2) is 27.3 Å². The van der Waals surface area contributed by atoms with Crippen molar-refractivity contribution < 1.29 is 12.8 Å². The average molecular weight is 257 g/mol. The van der Waals surface area contributed by atoms with Crippen LogP contribution in [0.5, 0.6) is 0 Å². The van der Waals surface area contributed by atoms with Gasteiger partial charge in [0, 0.05) is 5.56 Å². The molecule has 17 heavy (non-hydrogen) atoms. The van der Waals surface area contributed by atoms with Crippen molar-refractivity contribution >= 4 is 9.84 Å². The van der Waals surface area contributed by atoms with E-state index in [1.807, 2.05) is 7.05 Å². The molecule has 0 fully saturated rings. The summed E-state index contributed by atoms with van der Waals surface area (Å²) in [6, 6.07) is 4.29. The number of halogens is 1. The highest BCUT2D eigenvalue weighted by molar-refractivity contribution is 7.92. The van der Waals surface area contributed by atoms with E-state index in [9.17, 15) is 12.8 Å². The number of sulfone groups is 1. The molecule has 0 bridgehead atoms. The van der Waals surface area contributed by atoms with E-state index >= 15 is 0 Å². The number of hydrogen-bond donors (Lipinski definition) is 1. The molecule has 0 saturated heterocycles. The Morgan fingerprint density at radius 1 is 1.47 bits per heavy atom. The SMILES string of the molecule is CNCCCC1Cc2c(F)cccc2S1(=O)=O. The first kappa shape index (κ1) is 12.5. The molecule has 1 aliphatic heterocycles. The van der Waals surface area contributed by atoms with Crippen LogP contribution in [0, 0.1) is 5.82 Å². The number of fused-ring (bicyclic) bond motifs is 1. The van der Waals surface area contributed by atoms with E-state index in [0.717, 1.165) is 13.0 Å². The summed E-state index contributed by atoms with van der Waals surface area (Å²) in [5, 5.41) is 2.53. The van der Waals surface area contributed by atoms with Crippen molar-refractivity contribution in [3.63, 3.8) is 0 Å². The molecule has 0 aliphatic carbocycles. The number of rotatable bonds is 4. The third kappa shape index (κ3) is 2.21. The summed E-state index contributed by atoms with van der Waals surface area (Å²) in [7, 11) is -1.49. The van der Waals surface area contributed by atoms with Gasteiger partial charge in [-0.05, 0) is 45.0 Å². The summed E-state index contributed by atoms with van der Waals surface area (Å²) < 4.78 is 37.8. The van der Waals surface area contributed by atoms with Crippen LogP contribution >= 0.6 is 0 Å². The molecule has 1 atom stereocenters. The lowest BCUT2D eigenvalue weighted by molar-refractivity contribution is 0.568. The second-order valence-electron chi connectivity index (χ2n) is 4.33. The summed E-state index contributed by atoms with van der Waals surface area (Å²) in [5.74, 6) is -0.401. The highest BCUT2D eigenvalue weighted by atomic mass is 32.2. The number of benzene rings is 1. The van der Waals surface area contributed by atoms with Crippen molar-refractivity contribution in [2.24, 2.45) is 0 Å². The van der Waals surface area contributed by atoms with Gasteiger partial charge in [0.25, 0.3) is 0 Å². The Morgan fingerprint density at radius 2 is 2.24 bits per heavy atom. The minimum atomic E-state index is -3.32. The minimum absolute atomic E-state index is 0.187. The van der Waals surface area contributed by atoms with E-state index < -0.39 is 20.9 Å². The van der Waals surface area contributed by atoms with Gasteiger partial charge in [-0.1, -0.05) is 6.07 Å². The Hall–Kier alpha value is -0.940. The summed E-state index contributed by atoms with van der Waals surface area (Å²) in [5.41, 5.74) is 0.363. The van der Waals surface area contributed by atoms with Gasteiger partial charge in [0.1, 0.15) is 5.82 Å². The predicted octanol–water partition coefficient (Wildman–Crippen LogP) is 1.52. The Labute approximate surface area is 101 Å². The molecule has 3 nitrogen and oxygen atoms in total. The van der Waals surface area contributed by atoms with Crippen LogP contribution in [0.1, 0.15) is 18.4 Å². The molecule has 5 heteroatoms. The zero-order valence-electron chi connectivity index (χ0n) is 9.74. The molecule has 94 valence electrons. The zero-order chi connectivity index (χ0) is 12.5. The molecule has 0 radical (unpaired) electrons. The predicted molar refractivity (Wildman–Crippen MR) is 64.2 cm³/mol. The third-order valence-corrected chi connectivity index (χ3v) is 5.48. The van der Waals surface area contributed by atoms with Crippen LogP contribution in [-0.2, 0) is 16.3 Å². The molecule has 0 spiro atoms. The van der Waals surface area contributed by atoms with E-state index in [-0.39, 0.29) is 4.90 Å². The van der Waals surface area contributed by atoms with Crippen molar-refractivity contribution in [1.29, 1.82) is 0 Å². The average Bonchev–Trinajstić information content (AvgIpc) is 2.54. The first-order chi connectivity index (χ1) is 8.07. The maximum atomic E-state index is 13.5. The van der Waals surface area contributed by atoms with Gasteiger partial charge in [-0.3, -0.25) is 0 Å². The van der Waals surface area contributed by atoms with Crippen molar-refractivity contribution in [3.05, 3.63) is 29.6 Å². The fourth-order valence-corrected chi connectivity index (χ4v) is 4.30. The topological polar surface area (TPSA) is 46.2 Å². The Bertz CT molecular complexity index is 513. The smallest absolute Gasteiger partial charge is 0.181 e. The molecule has 1 aromatic rings. The molecule has 1 aliphatic rings. The van der Waals surface area contributed by atoms with Gasteiger partial charge in [-0.2, -0.15) is 0 Å². The molecular weight excluding hydrogens is 241 g/mol. The van der Waals surface area contributed by atoms with E-state index in [1.54, 1.807) is 0 Å². The van der Waals surface area contributed by atoms with Gasteiger partial charge in [0.2, 0.25) is 0 Å². The fraction of sp³-hybridized carbons (Fsp3) is 0.500. The van der Waals surface area contributed by atoms with Gasteiger partial charge < -0.3 is 5.32 Å². The quantitative estimate of drug-likeness (QED) is 0.832. The Morgan fingerprint density at radius 3 is 2.88 bits per heavy atom. The normalized spacial score (nSPS) is 21.4. The third-order valence-electron chi connectivity index (χ3n) is 3.21. The van der Waals surface area contributed by atoms with Crippen molar-refractivity contribution in [2.75, 3.05) is 13.6 Å². The lowest BCUT2D eigenvalue weighted by atomic mass is 10.1. The van der Waals surface area contributed by atoms with E-state index in [1.165, 1.54) is 18.2 Å². The van der Waals surface area contributed by atoms with Crippen molar-refractivity contribution in [2.45, 2.75) is 29.4 Å². The molecule has 1 aromatic carbocycles. The van der Waals surface area contributed by atoms with Crippen LogP contribution in [0.15, 0.2) is 23.1 Å². The summed E-state index contributed by atoms with van der Waals surface area (Å²) in [6.07, 6.45) is 1.68. The largest absolute Gasteiger partial charge is 0.320 e.